The van der Waals surface area contributed by atoms with Gasteiger partial charge in [0.1, 0.15) is 0 Å². The maximum absolute atomic E-state index is 11.7. The highest BCUT2D eigenvalue weighted by atomic mass is 32.1. The van der Waals surface area contributed by atoms with Gasteiger partial charge in [-0.2, -0.15) is 0 Å². The molecule has 0 bridgehead atoms. The van der Waals surface area contributed by atoms with E-state index >= 15 is 0 Å². The van der Waals surface area contributed by atoms with E-state index in [-0.39, 0.29) is 11.4 Å². The zero-order valence-corrected chi connectivity index (χ0v) is 9.54. The van der Waals surface area contributed by atoms with Gasteiger partial charge in [0, 0.05) is 5.38 Å². The molecule has 17 heavy (non-hydrogen) atoms. The number of hydrogen-bond donors (Lipinski definition) is 3. The van der Waals surface area contributed by atoms with Crippen molar-refractivity contribution in [3.05, 3.63) is 28.8 Å². The number of amides is 1. The number of anilines is 1. The highest BCUT2D eigenvalue weighted by molar-refractivity contribution is 7.13. The molecule has 2 heterocycles. The van der Waals surface area contributed by atoms with Gasteiger partial charge in [-0.05, 0) is 6.92 Å². The SMILES string of the molecule is Cc1csc(NC(=O)c2nc[nH]c2C(=O)O)n1. The molecule has 2 aromatic rings. The summed E-state index contributed by atoms with van der Waals surface area (Å²) in [6, 6.07) is 0. The van der Waals surface area contributed by atoms with Crippen LogP contribution >= 0.6 is 11.3 Å². The smallest absolute Gasteiger partial charge is 0.354 e. The lowest BCUT2D eigenvalue weighted by atomic mass is 10.3. The minimum atomic E-state index is -1.23. The zero-order valence-electron chi connectivity index (χ0n) is 8.72. The van der Waals surface area contributed by atoms with Gasteiger partial charge in [0.2, 0.25) is 0 Å². The van der Waals surface area contributed by atoms with Crippen LogP contribution in [0.4, 0.5) is 5.13 Å². The molecular weight excluding hydrogens is 244 g/mol. The Labute approximate surface area is 99.5 Å². The van der Waals surface area contributed by atoms with Crippen molar-refractivity contribution >= 4 is 28.3 Å². The lowest BCUT2D eigenvalue weighted by Gasteiger charge is -1.99. The quantitative estimate of drug-likeness (QED) is 0.758. The fourth-order valence-corrected chi connectivity index (χ4v) is 1.88. The minimum Gasteiger partial charge on any atom is -0.477 e. The molecule has 3 N–H and O–H groups in total. The predicted octanol–water partition coefficient (Wildman–Crippen LogP) is 1.13. The van der Waals surface area contributed by atoms with Crippen molar-refractivity contribution in [1.29, 1.82) is 0 Å². The molecule has 0 aliphatic heterocycles. The molecule has 0 saturated heterocycles. The van der Waals surface area contributed by atoms with Crippen molar-refractivity contribution in [2.75, 3.05) is 5.32 Å². The van der Waals surface area contributed by atoms with Crippen molar-refractivity contribution in [1.82, 2.24) is 15.0 Å². The Morgan fingerprint density at radius 2 is 2.29 bits per heavy atom. The summed E-state index contributed by atoms with van der Waals surface area (Å²) in [6.07, 6.45) is 1.16. The third kappa shape index (κ3) is 2.31. The van der Waals surface area contributed by atoms with Crippen LogP contribution in [-0.2, 0) is 0 Å². The monoisotopic (exact) mass is 252 g/mol. The van der Waals surface area contributed by atoms with Crippen molar-refractivity contribution in [3.63, 3.8) is 0 Å². The van der Waals surface area contributed by atoms with E-state index < -0.39 is 11.9 Å². The summed E-state index contributed by atoms with van der Waals surface area (Å²) in [5.74, 6) is -1.83. The molecule has 8 heteroatoms. The summed E-state index contributed by atoms with van der Waals surface area (Å²) in [5.41, 5.74) is 0.381. The predicted molar refractivity (Wildman–Crippen MR) is 60.4 cm³/mol. The first-order chi connectivity index (χ1) is 8.08. The number of aromatic amines is 1. The van der Waals surface area contributed by atoms with Crippen LogP contribution < -0.4 is 5.32 Å². The summed E-state index contributed by atoms with van der Waals surface area (Å²) < 4.78 is 0. The molecule has 0 aromatic carbocycles. The molecule has 7 nitrogen and oxygen atoms in total. The highest BCUT2D eigenvalue weighted by Crippen LogP contribution is 2.15. The number of nitrogens with one attached hydrogen (secondary N) is 2. The fourth-order valence-electron chi connectivity index (χ4n) is 1.20. The molecule has 0 spiro atoms. The molecule has 2 aromatic heterocycles. The van der Waals surface area contributed by atoms with Crippen molar-refractivity contribution in [2.45, 2.75) is 6.92 Å². The van der Waals surface area contributed by atoms with E-state index in [0.29, 0.717) is 5.13 Å². The van der Waals surface area contributed by atoms with Gasteiger partial charge in [-0.15, -0.1) is 11.3 Å². The minimum absolute atomic E-state index is 0.162. The first-order valence-corrected chi connectivity index (χ1v) is 5.46. The topological polar surface area (TPSA) is 108 Å². The molecular formula is C9H8N4O3S. The number of nitrogens with zero attached hydrogens (tertiary/aromatic N) is 2. The van der Waals surface area contributed by atoms with E-state index in [1.165, 1.54) is 11.3 Å². The average molecular weight is 252 g/mol. The van der Waals surface area contributed by atoms with Gasteiger partial charge < -0.3 is 10.1 Å². The van der Waals surface area contributed by atoms with E-state index in [1.807, 2.05) is 0 Å². The second-order valence-electron chi connectivity index (χ2n) is 3.18. The number of aromatic nitrogens is 3. The van der Waals surface area contributed by atoms with Gasteiger partial charge in [-0.1, -0.05) is 0 Å². The number of carbonyl (C=O) groups excluding carboxylic acids is 1. The zero-order chi connectivity index (χ0) is 12.4. The van der Waals surface area contributed by atoms with Crippen LogP contribution in [0.15, 0.2) is 11.7 Å². The number of hydrogen-bond acceptors (Lipinski definition) is 5. The summed E-state index contributed by atoms with van der Waals surface area (Å²) in [7, 11) is 0. The van der Waals surface area contributed by atoms with Gasteiger partial charge >= 0.3 is 5.97 Å². The van der Waals surface area contributed by atoms with E-state index in [1.54, 1.807) is 12.3 Å². The van der Waals surface area contributed by atoms with Gasteiger partial charge in [0.15, 0.2) is 16.5 Å². The molecule has 0 unspecified atom stereocenters. The molecule has 0 aliphatic carbocycles. The third-order valence-electron chi connectivity index (χ3n) is 1.91. The van der Waals surface area contributed by atoms with Gasteiger partial charge in [0.05, 0.1) is 12.0 Å². The number of thiazole rings is 1. The molecule has 0 saturated carbocycles. The van der Waals surface area contributed by atoms with Crippen LogP contribution in [0.1, 0.15) is 26.7 Å². The molecule has 0 atom stereocenters. The lowest BCUT2D eigenvalue weighted by molar-refractivity contribution is 0.0686. The second-order valence-corrected chi connectivity index (χ2v) is 4.04. The summed E-state index contributed by atoms with van der Waals surface area (Å²) in [5, 5.41) is 13.5. The van der Waals surface area contributed by atoms with Crippen molar-refractivity contribution in [2.24, 2.45) is 0 Å². The number of carbonyl (C=O) groups is 2. The summed E-state index contributed by atoms with van der Waals surface area (Å²) in [6.45, 7) is 1.80. The number of aromatic carboxylic acids is 1. The largest absolute Gasteiger partial charge is 0.477 e. The average Bonchev–Trinajstić information content (AvgIpc) is 2.86. The first-order valence-electron chi connectivity index (χ1n) is 4.58. The normalized spacial score (nSPS) is 10.2. The number of imidazole rings is 1. The highest BCUT2D eigenvalue weighted by Gasteiger charge is 2.20. The standard InChI is InChI=1S/C9H8N4O3S/c1-4-2-17-9(12-4)13-7(14)5-6(8(15)16)11-3-10-5/h2-3H,1H3,(H,10,11)(H,15,16)(H,12,13,14). The Morgan fingerprint density at radius 3 is 2.88 bits per heavy atom. The van der Waals surface area contributed by atoms with Crippen LogP contribution in [0, 0.1) is 6.92 Å². The number of aryl methyl sites for hydroxylation is 1. The van der Waals surface area contributed by atoms with Gasteiger partial charge in [0.25, 0.3) is 5.91 Å². The van der Waals surface area contributed by atoms with E-state index in [0.717, 1.165) is 12.0 Å². The third-order valence-corrected chi connectivity index (χ3v) is 2.78. The van der Waals surface area contributed by atoms with E-state index in [9.17, 15) is 9.59 Å². The molecule has 88 valence electrons. The Morgan fingerprint density at radius 1 is 1.53 bits per heavy atom. The van der Waals surface area contributed by atoms with E-state index in [2.05, 4.69) is 20.3 Å². The van der Waals surface area contributed by atoms with Crippen molar-refractivity contribution < 1.29 is 14.7 Å². The first kappa shape index (κ1) is 11.3. The van der Waals surface area contributed by atoms with Crippen LogP contribution in [0.25, 0.3) is 0 Å². The Balaban J connectivity index is 2.20. The fraction of sp³-hybridized carbons (Fsp3) is 0.111. The van der Waals surface area contributed by atoms with Crippen LogP contribution in [-0.4, -0.2) is 31.9 Å². The van der Waals surface area contributed by atoms with Crippen LogP contribution in [0.5, 0.6) is 0 Å². The van der Waals surface area contributed by atoms with E-state index in [4.69, 9.17) is 5.11 Å². The van der Waals surface area contributed by atoms with Crippen molar-refractivity contribution in [3.8, 4) is 0 Å². The Kier molecular flexibility index (Phi) is 2.88. The number of rotatable bonds is 3. The Hall–Kier alpha value is -2.22. The molecule has 0 fully saturated rings. The molecule has 1 amide bonds. The Bertz CT molecular complexity index is 574. The number of H-pyrrole nitrogens is 1. The van der Waals surface area contributed by atoms with Gasteiger partial charge in [-0.25, -0.2) is 14.8 Å². The second kappa shape index (κ2) is 4.34. The maximum Gasteiger partial charge on any atom is 0.354 e. The van der Waals surface area contributed by atoms with Gasteiger partial charge in [-0.3, -0.25) is 10.1 Å². The summed E-state index contributed by atoms with van der Waals surface area (Å²) >= 11 is 1.26. The molecule has 0 radical (unpaired) electrons. The lowest BCUT2D eigenvalue weighted by Crippen LogP contribution is -2.16. The van der Waals surface area contributed by atoms with Crippen LogP contribution in [0.3, 0.4) is 0 Å². The van der Waals surface area contributed by atoms with Crippen LogP contribution in [0.2, 0.25) is 0 Å². The molecule has 2 rings (SSSR count). The summed E-state index contributed by atoms with van der Waals surface area (Å²) in [4.78, 5) is 32.6. The maximum atomic E-state index is 11.7. The molecule has 0 aliphatic rings. The number of carboxylic acid groups (broad SMARTS) is 1. The number of carboxylic acids is 1.